The molecule has 0 fully saturated rings. The Balaban J connectivity index is 2.38. The fourth-order valence-corrected chi connectivity index (χ4v) is 2.36. The summed E-state index contributed by atoms with van der Waals surface area (Å²) in [5, 5.41) is 9.09. The first kappa shape index (κ1) is 16.0. The molecule has 3 nitrogen and oxygen atoms in total. The summed E-state index contributed by atoms with van der Waals surface area (Å²) in [4.78, 5) is 11.1. The summed E-state index contributed by atoms with van der Waals surface area (Å²) < 4.78 is 6.30. The van der Waals surface area contributed by atoms with Crippen LogP contribution in [0.15, 0.2) is 22.7 Å². The van der Waals surface area contributed by atoms with Crippen LogP contribution in [-0.4, -0.2) is 17.7 Å². The lowest BCUT2D eigenvalue weighted by Gasteiger charge is -2.10. The molecule has 0 aromatic heterocycles. The second-order valence-electron chi connectivity index (χ2n) is 4.54. The number of carbonyl (C=O) groups is 1. The number of rotatable bonds is 9. The van der Waals surface area contributed by atoms with E-state index < -0.39 is 5.97 Å². The maximum atomic E-state index is 11.1. The fraction of sp³-hybridized carbons (Fsp3) is 0.533. The fourth-order valence-electron chi connectivity index (χ4n) is 1.88. The molecular weight excluding hydrogens is 308 g/mol. The number of halogens is 1. The summed E-state index contributed by atoms with van der Waals surface area (Å²) in [5.74, 6) is -0.525. The van der Waals surface area contributed by atoms with Crippen LogP contribution >= 0.6 is 15.9 Å². The van der Waals surface area contributed by atoms with Gasteiger partial charge in [-0.15, -0.1) is 0 Å². The largest absolute Gasteiger partial charge is 0.491 e. The average Bonchev–Trinajstić information content (AvgIpc) is 2.39. The third kappa shape index (κ3) is 5.64. The van der Waals surface area contributed by atoms with E-state index in [1.165, 1.54) is 25.7 Å². The SMILES string of the molecule is CCCCCCCCOc1c(Br)cccc1C(=O)O. The van der Waals surface area contributed by atoms with Crippen LogP contribution < -0.4 is 4.74 Å². The average molecular weight is 329 g/mol. The van der Waals surface area contributed by atoms with Gasteiger partial charge in [-0.25, -0.2) is 4.79 Å². The van der Waals surface area contributed by atoms with Gasteiger partial charge in [0.15, 0.2) is 0 Å². The monoisotopic (exact) mass is 328 g/mol. The van der Waals surface area contributed by atoms with Gasteiger partial charge in [0.2, 0.25) is 0 Å². The Morgan fingerprint density at radius 1 is 1.21 bits per heavy atom. The third-order valence-corrected chi connectivity index (χ3v) is 3.57. The highest BCUT2D eigenvalue weighted by Gasteiger charge is 2.13. The van der Waals surface area contributed by atoms with Gasteiger partial charge in [0, 0.05) is 0 Å². The molecule has 0 radical (unpaired) electrons. The third-order valence-electron chi connectivity index (χ3n) is 2.94. The Labute approximate surface area is 123 Å². The van der Waals surface area contributed by atoms with Crippen LogP contribution in [-0.2, 0) is 0 Å². The molecule has 4 heteroatoms. The molecule has 0 amide bonds. The normalized spacial score (nSPS) is 10.4. The first-order valence-electron chi connectivity index (χ1n) is 6.81. The molecule has 1 aromatic carbocycles. The van der Waals surface area contributed by atoms with Gasteiger partial charge in [0.05, 0.1) is 11.1 Å². The number of benzene rings is 1. The predicted molar refractivity (Wildman–Crippen MR) is 80.0 cm³/mol. The topological polar surface area (TPSA) is 46.5 Å². The van der Waals surface area contributed by atoms with E-state index in [9.17, 15) is 4.79 Å². The lowest BCUT2D eigenvalue weighted by Crippen LogP contribution is -2.05. The van der Waals surface area contributed by atoms with Crippen LogP contribution in [0.5, 0.6) is 5.75 Å². The highest BCUT2D eigenvalue weighted by molar-refractivity contribution is 9.10. The second-order valence-corrected chi connectivity index (χ2v) is 5.39. The molecule has 0 spiro atoms. The van der Waals surface area contributed by atoms with Crippen LogP contribution in [0.3, 0.4) is 0 Å². The van der Waals surface area contributed by atoms with Crippen LogP contribution in [0, 0.1) is 0 Å². The maximum absolute atomic E-state index is 11.1. The Kier molecular flexibility index (Phi) is 7.56. The molecule has 1 rings (SSSR count). The van der Waals surface area contributed by atoms with Crippen molar-refractivity contribution in [2.24, 2.45) is 0 Å². The molecule has 19 heavy (non-hydrogen) atoms. The zero-order valence-corrected chi connectivity index (χ0v) is 12.9. The van der Waals surface area contributed by atoms with Crippen molar-refractivity contribution in [3.63, 3.8) is 0 Å². The predicted octanol–water partition coefficient (Wildman–Crippen LogP) is 4.89. The van der Waals surface area contributed by atoms with Gasteiger partial charge in [0.1, 0.15) is 11.3 Å². The van der Waals surface area contributed by atoms with Gasteiger partial charge in [-0.1, -0.05) is 45.1 Å². The summed E-state index contributed by atoms with van der Waals surface area (Å²) in [5.41, 5.74) is 0.209. The van der Waals surface area contributed by atoms with E-state index in [0.717, 1.165) is 12.8 Å². The summed E-state index contributed by atoms with van der Waals surface area (Å²) in [7, 11) is 0. The smallest absolute Gasteiger partial charge is 0.339 e. The molecular formula is C15H21BrO3. The van der Waals surface area contributed by atoms with E-state index in [4.69, 9.17) is 9.84 Å². The molecule has 0 saturated carbocycles. The van der Waals surface area contributed by atoms with E-state index in [2.05, 4.69) is 22.9 Å². The summed E-state index contributed by atoms with van der Waals surface area (Å²) >= 11 is 3.33. The molecule has 0 bridgehead atoms. The van der Waals surface area contributed by atoms with Crippen molar-refractivity contribution in [1.82, 2.24) is 0 Å². The number of unbranched alkanes of at least 4 members (excludes halogenated alkanes) is 5. The highest BCUT2D eigenvalue weighted by Crippen LogP contribution is 2.29. The van der Waals surface area contributed by atoms with E-state index in [-0.39, 0.29) is 5.56 Å². The van der Waals surface area contributed by atoms with Gasteiger partial charge in [-0.2, -0.15) is 0 Å². The minimum Gasteiger partial charge on any atom is -0.491 e. The van der Waals surface area contributed by atoms with E-state index in [1.54, 1.807) is 18.2 Å². The van der Waals surface area contributed by atoms with Gasteiger partial charge in [0.25, 0.3) is 0 Å². The van der Waals surface area contributed by atoms with Crippen molar-refractivity contribution < 1.29 is 14.6 Å². The number of ether oxygens (including phenoxy) is 1. The Morgan fingerprint density at radius 2 is 1.89 bits per heavy atom. The number of aromatic carboxylic acids is 1. The summed E-state index contributed by atoms with van der Waals surface area (Å²) in [6, 6.07) is 5.05. The number of hydrogen-bond acceptors (Lipinski definition) is 2. The summed E-state index contributed by atoms with van der Waals surface area (Å²) in [6.45, 7) is 2.76. The lowest BCUT2D eigenvalue weighted by atomic mass is 10.1. The minimum absolute atomic E-state index is 0.209. The molecule has 106 valence electrons. The Morgan fingerprint density at radius 3 is 2.58 bits per heavy atom. The van der Waals surface area contributed by atoms with Crippen LogP contribution in [0.1, 0.15) is 55.8 Å². The van der Waals surface area contributed by atoms with E-state index >= 15 is 0 Å². The van der Waals surface area contributed by atoms with E-state index in [1.807, 2.05) is 0 Å². The van der Waals surface area contributed by atoms with Crippen molar-refractivity contribution in [2.75, 3.05) is 6.61 Å². The number of hydrogen-bond donors (Lipinski definition) is 1. The second kappa shape index (κ2) is 8.97. The van der Waals surface area contributed by atoms with Crippen molar-refractivity contribution in [2.45, 2.75) is 45.4 Å². The first-order chi connectivity index (χ1) is 9.16. The number of para-hydroxylation sites is 1. The van der Waals surface area contributed by atoms with Crippen LogP contribution in [0.2, 0.25) is 0 Å². The first-order valence-corrected chi connectivity index (χ1v) is 7.60. The van der Waals surface area contributed by atoms with Gasteiger partial charge >= 0.3 is 5.97 Å². The molecule has 1 N–H and O–H groups in total. The summed E-state index contributed by atoms with van der Waals surface area (Å²) in [6.07, 6.45) is 7.12. The van der Waals surface area contributed by atoms with Crippen molar-refractivity contribution >= 4 is 21.9 Å². The Hall–Kier alpha value is -1.03. The van der Waals surface area contributed by atoms with Crippen molar-refractivity contribution in [3.05, 3.63) is 28.2 Å². The molecule has 0 aliphatic heterocycles. The maximum Gasteiger partial charge on any atom is 0.339 e. The number of carboxylic acid groups (broad SMARTS) is 1. The quantitative estimate of drug-likeness (QED) is 0.656. The van der Waals surface area contributed by atoms with Crippen LogP contribution in [0.4, 0.5) is 0 Å². The molecule has 0 atom stereocenters. The van der Waals surface area contributed by atoms with Gasteiger partial charge in [-0.3, -0.25) is 0 Å². The minimum atomic E-state index is -0.959. The van der Waals surface area contributed by atoms with Gasteiger partial charge < -0.3 is 9.84 Å². The standard InChI is InChI=1S/C15H21BrO3/c1-2-3-4-5-6-7-11-19-14-12(15(17)18)9-8-10-13(14)16/h8-10H,2-7,11H2,1H3,(H,17,18). The van der Waals surface area contributed by atoms with Crippen LogP contribution in [0.25, 0.3) is 0 Å². The van der Waals surface area contributed by atoms with Gasteiger partial charge in [-0.05, 0) is 34.5 Å². The molecule has 0 aliphatic rings. The lowest BCUT2D eigenvalue weighted by molar-refractivity contribution is 0.0692. The number of carboxylic acids is 1. The van der Waals surface area contributed by atoms with E-state index in [0.29, 0.717) is 16.8 Å². The molecule has 0 heterocycles. The zero-order chi connectivity index (χ0) is 14.1. The van der Waals surface area contributed by atoms with Crippen molar-refractivity contribution in [3.8, 4) is 5.75 Å². The molecule has 0 unspecified atom stereocenters. The Bertz CT molecular complexity index is 404. The molecule has 0 saturated heterocycles. The molecule has 1 aromatic rings. The molecule has 0 aliphatic carbocycles. The van der Waals surface area contributed by atoms with Crippen molar-refractivity contribution in [1.29, 1.82) is 0 Å². The zero-order valence-electron chi connectivity index (χ0n) is 11.3. The highest BCUT2D eigenvalue weighted by atomic mass is 79.9.